The summed E-state index contributed by atoms with van der Waals surface area (Å²) in [5.74, 6) is -1.24. The molecular formula is C14H15Cl2N3O4S2. The van der Waals surface area contributed by atoms with Crippen LogP contribution in [-0.4, -0.2) is 41.0 Å². The molecular weight excluding hydrogens is 409 g/mol. The molecule has 0 fully saturated rings. The van der Waals surface area contributed by atoms with Crippen molar-refractivity contribution in [3.8, 4) is 0 Å². The van der Waals surface area contributed by atoms with E-state index in [0.29, 0.717) is 0 Å². The highest BCUT2D eigenvalue weighted by molar-refractivity contribution is 8.15. The van der Waals surface area contributed by atoms with Gasteiger partial charge in [-0.1, -0.05) is 35.0 Å². The second-order valence-corrected chi connectivity index (χ2v) is 9.80. The quantitative estimate of drug-likeness (QED) is 0.805. The van der Waals surface area contributed by atoms with Gasteiger partial charge >= 0.3 is 0 Å². The Hall–Kier alpha value is -1.29. The summed E-state index contributed by atoms with van der Waals surface area (Å²) in [6, 6.07) is 4.00. The number of halogens is 2. The van der Waals surface area contributed by atoms with Crippen LogP contribution in [0, 0.1) is 0 Å². The number of nitrogens with one attached hydrogen (secondary N) is 1. The van der Waals surface area contributed by atoms with Gasteiger partial charge in [0, 0.05) is 13.8 Å². The molecule has 1 aliphatic rings. The van der Waals surface area contributed by atoms with Crippen molar-refractivity contribution in [2.45, 2.75) is 30.5 Å². The number of hydrogen-bond acceptors (Lipinski definition) is 6. The molecule has 25 heavy (non-hydrogen) atoms. The van der Waals surface area contributed by atoms with E-state index in [0.717, 1.165) is 16.8 Å². The number of benzene rings is 1. The smallest absolute Gasteiger partial charge is 0.240 e. The molecule has 0 saturated carbocycles. The summed E-state index contributed by atoms with van der Waals surface area (Å²) in [6.45, 7) is 4.13. The number of amidine groups is 1. The van der Waals surface area contributed by atoms with Gasteiger partial charge in [0.25, 0.3) is 0 Å². The van der Waals surface area contributed by atoms with Crippen molar-refractivity contribution in [1.29, 1.82) is 0 Å². The lowest BCUT2D eigenvalue weighted by molar-refractivity contribution is -0.131. The van der Waals surface area contributed by atoms with Gasteiger partial charge in [-0.2, -0.15) is 0 Å². The average molecular weight is 424 g/mol. The normalized spacial score (nSPS) is 20.4. The van der Waals surface area contributed by atoms with Crippen LogP contribution in [0.1, 0.15) is 20.8 Å². The molecule has 11 heteroatoms. The lowest BCUT2D eigenvalue weighted by atomic mass is 10.3. The van der Waals surface area contributed by atoms with Gasteiger partial charge < -0.3 is 5.32 Å². The van der Waals surface area contributed by atoms with Crippen molar-refractivity contribution in [2.24, 2.45) is 5.10 Å². The summed E-state index contributed by atoms with van der Waals surface area (Å²) in [6.07, 6.45) is 0. The number of carbonyl (C=O) groups is 2. The van der Waals surface area contributed by atoms with Gasteiger partial charge in [0.05, 0.1) is 20.7 Å². The van der Waals surface area contributed by atoms with Crippen LogP contribution in [-0.2, 0) is 19.4 Å². The first kappa shape index (κ1) is 20.0. The zero-order valence-electron chi connectivity index (χ0n) is 13.5. The van der Waals surface area contributed by atoms with Gasteiger partial charge in [-0.05, 0) is 25.1 Å². The van der Waals surface area contributed by atoms with Crippen LogP contribution in [0.15, 0.2) is 28.2 Å². The molecule has 0 aromatic heterocycles. The van der Waals surface area contributed by atoms with Crippen molar-refractivity contribution < 1.29 is 18.0 Å². The van der Waals surface area contributed by atoms with Crippen molar-refractivity contribution in [3.05, 3.63) is 28.2 Å². The Bertz CT molecular complexity index is 873. The monoisotopic (exact) mass is 423 g/mol. The lowest BCUT2D eigenvalue weighted by Gasteiger charge is -2.30. The van der Waals surface area contributed by atoms with Crippen LogP contribution >= 0.6 is 35.0 Å². The van der Waals surface area contributed by atoms with Crippen molar-refractivity contribution >= 4 is 61.8 Å². The maximum absolute atomic E-state index is 12.8. The number of amides is 2. The van der Waals surface area contributed by atoms with Crippen molar-refractivity contribution in [3.63, 3.8) is 0 Å². The Morgan fingerprint density at radius 2 is 1.92 bits per heavy atom. The van der Waals surface area contributed by atoms with Crippen LogP contribution in [0.2, 0.25) is 10.0 Å². The highest BCUT2D eigenvalue weighted by Gasteiger charge is 2.46. The standard InChI is InChI=1S/C14H15Cl2N3O4S2/c1-8(20)17-13-18-19(9(2)21)14(3,24-13)7-25(22,23)10-4-5-11(15)12(16)6-10/h4-6H,7H2,1-3H3,(H,17,18,20). The van der Waals surface area contributed by atoms with Crippen LogP contribution in [0.5, 0.6) is 0 Å². The number of hydrazone groups is 1. The van der Waals surface area contributed by atoms with Crippen LogP contribution < -0.4 is 5.32 Å². The van der Waals surface area contributed by atoms with Gasteiger partial charge in [-0.25, -0.2) is 13.4 Å². The minimum absolute atomic E-state index is 0.0137. The number of rotatable bonds is 3. The Balaban J connectivity index is 2.34. The summed E-state index contributed by atoms with van der Waals surface area (Å²) < 4.78 is 25.5. The fourth-order valence-electron chi connectivity index (χ4n) is 2.27. The van der Waals surface area contributed by atoms with E-state index in [1.165, 1.54) is 32.0 Å². The number of nitrogens with zero attached hydrogens (tertiary/aromatic N) is 2. The van der Waals surface area contributed by atoms with Crippen molar-refractivity contribution in [1.82, 2.24) is 10.3 Å². The second-order valence-electron chi connectivity index (χ2n) is 5.53. The molecule has 136 valence electrons. The van der Waals surface area contributed by atoms with Crippen LogP contribution in [0.4, 0.5) is 0 Å². The zero-order valence-corrected chi connectivity index (χ0v) is 16.7. The summed E-state index contributed by atoms with van der Waals surface area (Å²) in [5.41, 5.74) is 0. The molecule has 2 rings (SSSR count). The topological polar surface area (TPSA) is 95.9 Å². The fourth-order valence-corrected chi connectivity index (χ4v) is 5.89. The first-order valence-electron chi connectivity index (χ1n) is 6.98. The van der Waals surface area contributed by atoms with Crippen LogP contribution in [0.3, 0.4) is 0 Å². The highest BCUT2D eigenvalue weighted by atomic mass is 35.5. The van der Waals surface area contributed by atoms with E-state index in [2.05, 4.69) is 10.4 Å². The Morgan fingerprint density at radius 3 is 2.44 bits per heavy atom. The first-order chi connectivity index (χ1) is 11.4. The second kappa shape index (κ2) is 7.14. The van der Waals surface area contributed by atoms with Crippen molar-refractivity contribution in [2.75, 3.05) is 5.75 Å². The largest absolute Gasteiger partial charge is 0.304 e. The zero-order chi connectivity index (χ0) is 19.0. The van der Waals surface area contributed by atoms with E-state index in [-0.39, 0.29) is 26.0 Å². The third-order valence-electron chi connectivity index (χ3n) is 3.24. The molecule has 1 heterocycles. The maximum Gasteiger partial charge on any atom is 0.240 e. The van der Waals surface area contributed by atoms with Crippen LogP contribution in [0.25, 0.3) is 0 Å². The Morgan fingerprint density at radius 1 is 1.28 bits per heavy atom. The highest BCUT2D eigenvalue weighted by Crippen LogP contribution is 2.39. The van der Waals surface area contributed by atoms with Gasteiger partial charge in [0.15, 0.2) is 15.0 Å². The minimum atomic E-state index is -3.80. The van der Waals surface area contributed by atoms with E-state index in [1.54, 1.807) is 6.92 Å². The molecule has 1 aliphatic heterocycles. The van der Waals surface area contributed by atoms with Gasteiger partial charge in [0.1, 0.15) is 4.87 Å². The summed E-state index contributed by atoms with van der Waals surface area (Å²) in [7, 11) is -3.80. The number of hydrogen-bond donors (Lipinski definition) is 1. The molecule has 0 bridgehead atoms. The first-order valence-corrected chi connectivity index (χ1v) is 10.2. The summed E-state index contributed by atoms with van der Waals surface area (Å²) >= 11 is 12.7. The third-order valence-corrected chi connectivity index (χ3v) is 7.21. The molecule has 2 amide bonds. The number of thioether (sulfide) groups is 1. The SMILES string of the molecule is CC(=O)NC1=NN(C(C)=O)C(C)(CS(=O)(=O)c2ccc(Cl)c(Cl)c2)S1. The van der Waals surface area contributed by atoms with Gasteiger partial charge in [0.2, 0.25) is 11.8 Å². The molecule has 1 N–H and O–H groups in total. The molecule has 1 aromatic rings. The third kappa shape index (κ3) is 4.46. The fraction of sp³-hybridized carbons (Fsp3) is 0.357. The molecule has 0 saturated heterocycles. The maximum atomic E-state index is 12.8. The van der Waals surface area contributed by atoms with E-state index in [1.807, 2.05) is 0 Å². The predicted octanol–water partition coefficient (Wildman–Crippen LogP) is 2.49. The van der Waals surface area contributed by atoms with E-state index in [4.69, 9.17) is 23.2 Å². The molecule has 1 unspecified atom stereocenters. The molecule has 7 nitrogen and oxygen atoms in total. The Kier molecular flexibility index (Phi) is 5.72. The van der Waals surface area contributed by atoms with Gasteiger partial charge in [-0.3, -0.25) is 9.59 Å². The molecule has 1 aromatic carbocycles. The molecule has 0 aliphatic carbocycles. The minimum Gasteiger partial charge on any atom is -0.304 e. The molecule has 0 radical (unpaired) electrons. The predicted molar refractivity (Wildman–Crippen MR) is 98.3 cm³/mol. The Labute approximate surface area is 159 Å². The molecule has 1 atom stereocenters. The number of sulfone groups is 1. The van der Waals surface area contributed by atoms with E-state index in [9.17, 15) is 18.0 Å². The molecule has 0 spiro atoms. The lowest BCUT2D eigenvalue weighted by Crippen LogP contribution is -2.45. The van der Waals surface area contributed by atoms with Gasteiger partial charge in [-0.15, -0.1) is 5.10 Å². The summed E-state index contributed by atoms with van der Waals surface area (Å²) in [5, 5.41) is 8.05. The van der Waals surface area contributed by atoms with E-state index >= 15 is 0 Å². The summed E-state index contributed by atoms with van der Waals surface area (Å²) in [4.78, 5) is 21.9. The van der Waals surface area contributed by atoms with E-state index < -0.39 is 26.4 Å². The number of carbonyl (C=O) groups excluding carboxylic acids is 2. The average Bonchev–Trinajstić information content (AvgIpc) is 2.76.